The van der Waals surface area contributed by atoms with E-state index in [-0.39, 0.29) is 5.69 Å². The van der Waals surface area contributed by atoms with Gasteiger partial charge in [0.05, 0.1) is 26.1 Å². The monoisotopic (exact) mass is 490 g/mol. The highest BCUT2D eigenvalue weighted by molar-refractivity contribution is 6.31. The largest absolute Gasteiger partial charge is 0.493 e. The molecule has 4 rings (SSSR count). The summed E-state index contributed by atoms with van der Waals surface area (Å²) < 4.78 is 16.5. The van der Waals surface area contributed by atoms with E-state index in [1.165, 1.54) is 6.21 Å². The number of aromatic nitrogens is 2. The number of nitrogens with zero attached hydrogens (tertiary/aromatic N) is 2. The molecule has 0 aliphatic heterocycles. The Labute approximate surface area is 207 Å². The lowest BCUT2D eigenvalue weighted by Gasteiger charge is -2.11. The Morgan fingerprint density at radius 1 is 1.00 bits per heavy atom. The number of halogens is 1. The number of aromatic amines is 1. The van der Waals surface area contributed by atoms with Gasteiger partial charge in [-0.1, -0.05) is 41.9 Å². The van der Waals surface area contributed by atoms with Crippen molar-refractivity contribution in [1.82, 2.24) is 15.6 Å². The number of H-pyrrole nitrogens is 1. The molecule has 0 radical (unpaired) electrons. The number of hydrogen-bond donors (Lipinski definition) is 2. The van der Waals surface area contributed by atoms with E-state index < -0.39 is 5.91 Å². The molecule has 4 aromatic rings. The molecule has 0 bridgehead atoms. The molecule has 35 heavy (non-hydrogen) atoms. The molecule has 0 fully saturated rings. The molecule has 178 valence electrons. The molecule has 0 aliphatic carbocycles. The summed E-state index contributed by atoms with van der Waals surface area (Å²) in [5.41, 5.74) is 5.65. The van der Waals surface area contributed by atoms with Crippen LogP contribution in [0.15, 0.2) is 77.9 Å². The first-order valence-electron chi connectivity index (χ1n) is 10.7. The Balaban J connectivity index is 1.43. The second kappa shape index (κ2) is 11.2. The molecule has 0 atom stereocenters. The molecule has 9 heteroatoms. The summed E-state index contributed by atoms with van der Waals surface area (Å²) in [6, 6.07) is 21.9. The summed E-state index contributed by atoms with van der Waals surface area (Å²) in [6.45, 7) is 0.305. The van der Waals surface area contributed by atoms with Gasteiger partial charge in [-0.05, 0) is 48.0 Å². The third-order valence-electron chi connectivity index (χ3n) is 5.11. The summed E-state index contributed by atoms with van der Waals surface area (Å²) in [6.07, 6.45) is 1.51. The molecule has 0 saturated heterocycles. The molecule has 8 nitrogen and oxygen atoms in total. The number of para-hydroxylation sites is 1. The fourth-order valence-corrected chi connectivity index (χ4v) is 3.50. The van der Waals surface area contributed by atoms with Gasteiger partial charge in [-0.3, -0.25) is 9.89 Å². The van der Waals surface area contributed by atoms with Crippen LogP contribution in [-0.2, 0) is 6.61 Å². The molecule has 0 spiro atoms. The molecular formula is C26H23ClN4O4. The maximum absolute atomic E-state index is 12.5. The fourth-order valence-electron chi connectivity index (χ4n) is 3.31. The van der Waals surface area contributed by atoms with E-state index in [0.29, 0.717) is 34.6 Å². The van der Waals surface area contributed by atoms with Crippen LogP contribution in [0, 0.1) is 0 Å². The van der Waals surface area contributed by atoms with E-state index in [1.54, 1.807) is 38.5 Å². The minimum atomic E-state index is -0.435. The topological polar surface area (TPSA) is 97.8 Å². The van der Waals surface area contributed by atoms with Crippen LogP contribution in [0.4, 0.5) is 0 Å². The highest BCUT2D eigenvalue weighted by Crippen LogP contribution is 2.30. The second-order valence-electron chi connectivity index (χ2n) is 7.36. The van der Waals surface area contributed by atoms with Gasteiger partial charge in [0.2, 0.25) is 0 Å². The highest BCUT2D eigenvalue weighted by Gasteiger charge is 2.14. The van der Waals surface area contributed by atoms with Crippen LogP contribution in [0.1, 0.15) is 21.6 Å². The van der Waals surface area contributed by atoms with Gasteiger partial charge in [-0.2, -0.15) is 10.2 Å². The van der Waals surface area contributed by atoms with E-state index in [4.69, 9.17) is 25.8 Å². The Morgan fingerprint density at radius 3 is 2.57 bits per heavy atom. The van der Waals surface area contributed by atoms with Crippen molar-refractivity contribution in [3.8, 4) is 28.5 Å². The molecule has 1 heterocycles. The zero-order valence-corrected chi connectivity index (χ0v) is 19.9. The number of amides is 1. The van der Waals surface area contributed by atoms with Crippen molar-refractivity contribution in [2.75, 3.05) is 14.2 Å². The first-order valence-corrected chi connectivity index (χ1v) is 11.0. The SMILES string of the molecule is COc1ccc(C=NNC(=O)c2cc(-c3ccccc3OCc3ccccc3Cl)n[nH]2)cc1OC. The predicted molar refractivity (Wildman–Crippen MR) is 134 cm³/mol. The van der Waals surface area contributed by atoms with E-state index in [2.05, 4.69) is 20.7 Å². The van der Waals surface area contributed by atoms with Crippen molar-refractivity contribution in [3.05, 3.63) is 94.6 Å². The first kappa shape index (κ1) is 23.8. The van der Waals surface area contributed by atoms with E-state index in [1.807, 2.05) is 48.5 Å². The zero-order valence-electron chi connectivity index (χ0n) is 19.1. The van der Waals surface area contributed by atoms with Gasteiger partial charge in [-0.25, -0.2) is 5.43 Å². The second-order valence-corrected chi connectivity index (χ2v) is 7.76. The molecule has 0 saturated carbocycles. The summed E-state index contributed by atoms with van der Waals surface area (Å²) in [7, 11) is 3.12. The Kier molecular flexibility index (Phi) is 7.64. The maximum Gasteiger partial charge on any atom is 0.289 e. The van der Waals surface area contributed by atoms with Gasteiger partial charge in [0.15, 0.2) is 11.5 Å². The van der Waals surface area contributed by atoms with Crippen LogP contribution in [-0.4, -0.2) is 36.5 Å². The third-order valence-corrected chi connectivity index (χ3v) is 5.48. The quantitative estimate of drug-likeness (QED) is 0.251. The van der Waals surface area contributed by atoms with Gasteiger partial charge >= 0.3 is 0 Å². The molecular weight excluding hydrogens is 468 g/mol. The number of hydrogen-bond acceptors (Lipinski definition) is 6. The summed E-state index contributed by atoms with van der Waals surface area (Å²) in [5, 5.41) is 11.7. The number of ether oxygens (including phenoxy) is 3. The predicted octanol–water partition coefficient (Wildman–Crippen LogP) is 5.09. The maximum atomic E-state index is 12.5. The number of nitrogens with one attached hydrogen (secondary N) is 2. The number of benzene rings is 3. The van der Waals surface area contributed by atoms with Crippen LogP contribution in [0.2, 0.25) is 5.02 Å². The van der Waals surface area contributed by atoms with Gasteiger partial charge in [0.25, 0.3) is 5.91 Å². The van der Waals surface area contributed by atoms with Crippen molar-refractivity contribution in [2.45, 2.75) is 6.61 Å². The molecule has 1 amide bonds. The highest BCUT2D eigenvalue weighted by atomic mass is 35.5. The molecule has 2 N–H and O–H groups in total. The van der Waals surface area contributed by atoms with E-state index in [0.717, 1.165) is 16.7 Å². The van der Waals surface area contributed by atoms with Crippen LogP contribution in [0.5, 0.6) is 17.2 Å². The van der Waals surface area contributed by atoms with Crippen molar-refractivity contribution in [2.24, 2.45) is 5.10 Å². The van der Waals surface area contributed by atoms with Crippen molar-refractivity contribution >= 4 is 23.7 Å². The molecule has 1 aromatic heterocycles. The van der Waals surface area contributed by atoms with Crippen LogP contribution in [0.3, 0.4) is 0 Å². The summed E-state index contributed by atoms with van der Waals surface area (Å²) >= 11 is 6.23. The molecule has 3 aromatic carbocycles. The molecule has 0 unspecified atom stereocenters. The van der Waals surface area contributed by atoms with Gasteiger partial charge < -0.3 is 14.2 Å². The molecule has 0 aliphatic rings. The van der Waals surface area contributed by atoms with Crippen LogP contribution < -0.4 is 19.6 Å². The Hall–Kier alpha value is -4.30. The smallest absolute Gasteiger partial charge is 0.289 e. The average Bonchev–Trinajstić information content (AvgIpc) is 3.38. The van der Waals surface area contributed by atoms with Crippen molar-refractivity contribution < 1.29 is 19.0 Å². The Bertz CT molecular complexity index is 1350. The van der Waals surface area contributed by atoms with E-state index >= 15 is 0 Å². The average molecular weight is 491 g/mol. The number of carbonyl (C=O) groups excluding carboxylic acids is 1. The minimum Gasteiger partial charge on any atom is -0.493 e. The van der Waals surface area contributed by atoms with Gasteiger partial charge in [0, 0.05) is 16.1 Å². The Morgan fingerprint density at radius 2 is 1.77 bits per heavy atom. The minimum absolute atomic E-state index is 0.255. The summed E-state index contributed by atoms with van der Waals surface area (Å²) in [4.78, 5) is 12.5. The van der Waals surface area contributed by atoms with Crippen LogP contribution in [0.25, 0.3) is 11.3 Å². The number of hydrazone groups is 1. The van der Waals surface area contributed by atoms with E-state index in [9.17, 15) is 4.79 Å². The lowest BCUT2D eigenvalue weighted by atomic mass is 10.1. The van der Waals surface area contributed by atoms with Gasteiger partial charge in [-0.15, -0.1) is 0 Å². The number of rotatable bonds is 9. The first-order chi connectivity index (χ1) is 17.1. The lowest BCUT2D eigenvalue weighted by molar-refractivity contribution is 0.0950. The standard InChI is InChI=1S/C26H23ClN4O4/c1-33-24-12-11-17(13-25(24)34-2)15-28-31-26(32)22-14-21(29-30-22)19-8-4-6-10-23(19)35-16-18-7-3-5-9-20(18)27/h3-15H,16H2,1-2H3,(H,29,30)(H,31,32). The third kappa shape index (κ3) is 5.80. The number of carbonyl (C=O) groups is 1. The van der Waals surface area contributed by atoms with Gasteiger partial charge in [0.1, 0.15) is 18.1 Å². The van der Waals surface area contributed by atoms with Crippen molar-refractivity contribution in [1.29, 1.82) is 0 Å². The number of methoxy groups -OCH3 is 2. The summed E-state index contributed by atoms with van der Waals surface area (Å²) in [5.74, 6) is 1.36. The zero-order chi connectivity index (χ0) is 24.6. The normalized spacial score (nSPS) is 10.8. The fraction of sp³-hybridized carbons (Fsp3) is 0.115. The van der Waals surface area contributed by atoms with Crippen molar-refractivity contribution in [3.63, 3.8) is 0 Å². The lowest BCUT2D eigenvalue weighted by Crippen LogP contribution is -2.18. The van der Waals surface area contributed by atoms with Crippen LogP contribution >= 0.6 is 11.6 Å².